The first-order valence-electron chi connectivity index (χ1n) is 4.67. The number of aromatic nitrogens is 2. The first-order chi connectivity index (χ1) is 7.47. The molecule has 0 bridgehead atoms. The van der Waals surface area contributed by atoms with Gasteiger partial charge in [0.25, 0.3) is 0 Å². The average Bonchev–Trinajstić information content (AvgIpc) is 2.48. The van der Waals surface area contributed by atoms with E-state index in [0.29, 0.717) is 6.54 Å². The second-order valence-electron chi connectivity index (χ2n) is 3.53. The summed E-state index contributed by atoms with van der Waals surface area (Å²) in [5.74, 6) is -1.55. The van der Waals surface area contributed by atoms with E-state index < -0.39 is 11.9 Å². The predicted octanol–water partition coefficient (Wildman–Crippen LogP) is -1.21. The molecule has 0 aliphatic heterocycles. The van der Waals surface area contributed by atoms with E-state index >= 15 is 0 Å². The van der Waals surface area contributed by atoms with Crippen molar-refractivity contribution in [2.45, 2.75) is 6.54 Å². The number of hydrogen-bond donors (Lipinski definition) is 2. The van der Waals surface area contributed by atoms with Gasteiger partial charge in [-0.05, 0) is 0 Å². The molecule has 1 rings (SSSR count). The molecule has 0 spiro atoms. The Bertz CT molecular complexity index is 372. The lowest BCUT2D eigenvalue weighted by Gasteiger charge is -2.16. The Balaban J connectivity index is 2.62. The third kappa shape index (κ3) is 4.09. The monoisotopic (exact) mass is 226 g/mol. The highest BCUT2D eigenvalue weighted by molar-refractivity contribution is 5.77. The largest absolute Gasteiger partial charge is 0.480 e. The number of aryl methyl sites for hydroxylation is 1. The lowest BCUT2D eigenvalue weighted by molar-refractivity contribution is -0.138. The first-order valence-corrected chi connectivity index (χ1v) is 4.67. The van der Waals surface area contributed by atoms with Gasteiger partial charge in [-0.1, -0.05) is 0 Å². The Labute approximate surface area is 92.4 Å². The van der Waals surface area contributed by atoms with Crippen LogP contribution in [0.3, 0.4) is 0 Å². The highest BCUT2D eigenvalue weighted by atomic mass is 16.4. The molecule has 0 aliphatic rings. The number of carbonyl (C=O) groups excluding carboxylic acids is 1. The van der Waals surface area contributed by atoms with Crippen LogP contribution in [0.15, 0.2) is 12.4 Å². The summed E-state index contributed by atoms with van der Waals surface area (Å²) >= 11 is 0. The van der Waals surface area contributed by atoms with Crippen molar-refractivity contribution in [3.8, 4) is 0 Å². The van der Waals surface area contributed by atoms with Gasteiger partial charge < -0.3 is 10.8 Å². The van der Waals surface area contributed by atoms with E-state index in [0.717, 1.165) is 5.56 Å². The lowest BCUT2D eigenvalue weighted by Crippen LogP contribution is -2.36. The smallest absolute Gasteiger partial charge is 0.317 e. The minimum Gasteiger partial charge on any atom is -0.480 e. The van der Waals surface area contributed by atoms with Gasteiger partial charge in [0, 0.05) is 25.4 Å². The molecular formula is C9H14N4O3. The van der Waals surface area contributed by atoms with Crippen LogP contribution in [0.1, 0.15) is 5.56 Å². The zero-order chi connectivity index (χ0) is 12.1. The van der Waals surface area contributed by atoms with Crippen molar-refractivity contribution < 1.29 is 14.7 Å². The van der Waals surface area contributed by atoms with Crippen LogP contribution in [-0.2, 0) is 23.2 Å². The summed E-state index contributed by atoms with van der Waals surface area (Å²) in [6.07, 6.45) is 3.38. The van der Waals surface area contributed by atoms with E-state index in [1.54, 1.807) is 24.1 Å². The van der Waals surface area contributed by atoms with E-state index in [4.69, 9.17) is 10.8 Å². The molecule has 7 heteroatoms. The van der Waals surface area contributed by atoms with Crippen LogP contribution >= 0.6 is 0 Å². The van der Waals surface area contributed by atoms with Crippen molar-refractivity contribution in [3.05, 3.63) is 18.0 Å². The van der Waals surface area contributed by atoms with Crippen LogP contribution in [0, 0.1) is 0 Å². The molecule has 0 radical (unpaired) electrons. The molecule has 1 aromatic heterocycles. The van der Waals surface area contributed by atoms with Gasteiger partial charge in [0.05, 0.1) is 19.3 Å². The molecule has 88 valence electrons. The molecule has 0 atom stereocenters. The summed E-state index contributed by atoms with van der Waals surface area (Å²) in [4.78, 5) is 22.8. The van der Waals surface area contributed by atoms with Crippen LogP contribution in [0.4, 0.5) is 0 Å². The third-order valence-corrected chi connectivity index (χ3v) is 1.90. The Morgan fingerprint density at radius 2 is 2.25 bits per heavy atom. The molecule has 0 unspecified atom stereocenters. The van der Waals surface area contributed by atoms with Crippen molar-refractivity contribution in [1.29, 1.82) is 0 Å². The number of carbonyl (C=O) groups is 2. The predicted molar refractivity (Wildman–Crippen MR) is 55.3 cm³/mol. The second kappa shape index (κ2) is 5.26. The van der Waals surface area contributed by atoms with Crippen molar-refractivity contribution >= 4 is 11.9 Å². The van der Waals surface area contributed by atoms with Gasteiger partial charge in [-0.3, -0.25) is 19.2 Å². The standard InChI is InChI=1S/C9H14N4O3/c1-12-3-7(2-11-12)4-13(5-8(10)14)6-9(15)16/h2-3H,4-6H2,1H3,(H2,10,14)(H,15,16). The summed E-state index contributed by atoms with van der Waals surface area (Å²) in [6.45, 7) is 0.0299. The number of hydrogen-bond acceptors (Lipinski definition) is 4. The van der Waals surface area contributed by atoms with E-state index in [1.165, 1.54) is 4.90 Å². The number of rotatable bonds is 6. The number of aliphatic carboxylic acids is 1. The van der Waals surface area contributed by atoms with Crippen LogP contribution in [0.5, 0.6) is 0 Å². The van der Waals surface area contributed by atoms with Gasteiger partial charge in [0.15, 0.2) is 0 Å². The van der Waals surface area contributed by atoms with E-state index in [2.05, 4.69) is 5.10 Å². The fraction of sp³-hybridized carbons (Fsp3) is 0.444. The lowest BCUT2D eigenvalue weighted by atomic mass is 10.3. The molecule has 1 amide bonds. The van der Waals surface area contributed by atoms with Crippen LogP contribution in [-0.4, -0.2) is 44.8 Å². The minimum atomic E-state index is -0.995. The minimum absolute atomic E-state index is 0.0821. The Kier molecular flexibility index (Phi) is 4.01. The van der Waals surface area contributed by atoms with E-state index in [9.17, 15) is 9.59 Å². The molecule has 0 aromatic carbocycles. The molecule has 3 N–H and O–H groups in total. The van der Waals surface area contributed by atoms with Crippen molar-refractivity contribution in [1.82, 2.24) is 14.7 Å². The zero-order valence-corrected chi connectivity index (χ0v) is 8.96. The SMILES string of the molecule is Cn1cc(CN(CC(N)=O)CC(=O)O)cn1. The number of nitrogens with zero attached hydrogens (tertiary/aromatic N) is 3. The van der Waals surface area contributed by atoms with Crippen molar-refractivity contribution in [2.75, 3.05) is 13.1 Å². The number of nitrogens with two attached hydrogens (primary N) is 1. The third-order valence-electron chi connectivity index (χ3n) is 1.90. The molecule has 0 saturated carbocycles. The number of carboxylic acid groups (broad SMARTS) is 1. The maximum absolute atomic E-state index is 10.8. The van der Waals surface area contributed by atoms with Crippen LogP contribution < -0.4 is 5.73 Å². The van der Waals surface area contributed by atoms with E-state index in [1.807, 2.05) is 0 Å². The van der Waals surface area contributed by atoms with Crippen molar-refractivity contribution in [3.63, 3.8) is 0 Å². The average molecular weight is 226 g/mol. The molecule has 7 nitrogen and oxygen atoms in total. The van der Waals surface area contributed by atoms with E-state index in [-0.39, 0.29) is 13.1 Å². The van der Waals surface area contributed by atoms with Gasteiger partial charge >= 0.3 is 5.97 Å². The summed E-state index contributed by atoms with van der Waals surface area (Å²) < 4.78 is 1.61. The number of carboxylic acids is 1. The maximum Gasteiger partial charge on any atom is 0.317 e. The second-order valence-corrected chi connectivity index (χ2v) is 3.53. The Hall–Kier alpha value is -1.89. The first kappa shape index (κ1) is 12.2. The molecule has 0 fully saturated rings. The van der Waals surface area contributed by atoms with Crippen LogP contribution in [0.25, 0.3) is 0 Å². The molecule has 0 aliphatic carbocycles. The quantitative estimate of drug-likeness (QED) is 0.634. The van der Waals surface area contributed by atoms with Gasteiger partial charge in [-0.15, -0.1) is 0 Å². The number of primary amides is 1. The molecule has 16 heavy (non-hydrogen) atoms. The Morgan fingerprint density at radius 1 is 1.56 bits per heavy atom. The normalized spacial score (nSPS) is 10.6. The fourth-order valence-corrected chi connectivity index (χ4v) is 1.39. The molecule has 0 saturated heterocycles. The molecule has 1 heterocycles. The van der Waals surface area contributed by atoms with Gasteiger partial charge in [0.2, 0.25) is 5.91 Å². The summed E-state index contributed by atoms with van der Waals surface area (Å²) in [7, 11) is 1.76. The fourth-order valence-electron chi connectivity index (χ4n) is 1.39. The zero-order valence-electron chi connectivity index (χ0n) is 8.96. The van der Waals surface area contributed by atoms with Gasteiger partial charge in [-0.2, -0.15) is 5.10 Å². The maximum atomic E-state index is 10.8. The highest BCUT2D eigenvalue weighted by Gasteiger charge is 2.13. The summed E-state index contributed by atoms with van der Waals surface area (Å²) in [6, 6.07) is 0. The molecule has 1 aromatic rings. The highest BCUT2D eigenvalue weighted by Crippen LogP contribution is 2.02. The number of amides is 1. The summed E-state index contributed by atoms with van der Waals surface area (Å²) in [5, 5.41) is 12.6. The summed E-state index contributed by atoms with van der Waals surface area (Å²) in [5.41, 5.74) is 5.87. The molecular weight excluding hydrogens is 212 g/mol. The van der Waals surface area contributed by atoms with Gasteiger partial charge in [0.1, 0.15) is 0 Å². The van der Waals surface area contributed by atoms with Crippen LogP contribution in [0.2, 0.25) is 0 Å². The Morgan fingerprint density at radius 3 is 2.69 bits per heavy atom. The topological polar surface area (TPSA) is 101 Å². The van der Waals surface area contributed by atoms with Crippen molar-refractivity contribution in [2.24, 2.45) is 12.8 Å². The van der Waals surface area contributed by atoms with Gasteiger partial charge in [-0.25, -0.2) is 0 Å².